The van der Waals surface area contributed by atoms with E-state index in [9.17, 15) is 26.7 Å². The number of aryl methyl sites for hydroxylation is 1. The highest BCUT2D eigenvalue weighted by molar-refractivity contribution is 6.34. The molecule has 1 N–H and O–H groups in total. The number of nitrogens with zero attached hydrogens (tertiary/aromatic N) is 2. The molecule has 1 aromatic carbocycles. The van der Waals surface area contributed by atoms with Crippen LogP contribution < -0.4 is 14.8 Å². The summed E-state index contributed by atoms with van der Waals surface area (Å²) in [5, 5.41) is 4.62. The lowest BCUT2D eigenvalue weighted by atomic mass is 10.2. The number of hydrogen-bond acceptors (Lipinski definition) is 4. The van der Waals surface area contributed by atoms with E-state index in [0.29, 0.717) is 4.68 Å². The molecule has 12 heteroatoms. The standard InChI is InChI=1S/C14H11ClF5N3O3/c1-23-10(9(15)11(22-23)14(18,19)20)12(24)21-6-3-4-7(26-13(16)17)8(5-6)25-2/h3-5,13H,1-2H3,(H,21,24). The molecule has 0 aliphatic rings. The molecule has 0 saturated heterocycles. The summed E-state index contributed by atoms with van der Waals surface area (Å²) in [6.45, 7) is -3.08. The summed E-state index contributed by atoms with van der Waals surface area (Å²) in [6, 6.07) is 3.46. The Morgan fingerprint density at radius 3 is 2.46 bits per heavy atom. The number of rotatable bonds is 5. The number of carbonyl (C=O) groups is 1. The van der Waals surface area contributed by atoms with Gasteiger partial charge in [0.15, 0.2) is 17.2 Å². The van der Waals surface area contributed by atoms with Gasteiger partial charge in [0.1, 0.15) is 10.7 Å². The average Bonchev–Trinajstić information content (AvgIpc) is 2.83. The van der Waals surface area contributed by atoms with E-state index in [1.807, 2.05) is 0 Å². The van der Waals surface area contributed by atoms with Crippen LogP contribution in [0.15, 0.2) is 18.2 Å². The highest BCUT2D eigenvalue weighted by Crippen LogP contribution is 2.36. The van der Waals surface area contributed by atoms with Crippen molar-refractivity contribution in [2.24, 2.45) is 7.05 Å². The molecular weight excluding hydrogens is 389 g/mol. The van der Waals surface area contributed by atoms with Crippen LogP contribution in [0, 0.1) is 0 Å². The van der Waals surface area contributed by atoms with Gasteiger partial charge in [0.05, 0.1) is 7.11 Å². The van der Waals surface area contributed by atoms with Crippen LogP contribution in [0.3, 0.4) is 0 Å². The second-order valence-electron chi connectivity index (χ2n) is 4.83. The molecule has 0 bridgehead atoms. The zero-order valence-electron chi connectivity index (χ0n) is 13.2. The van der Waals surface area contributed by atoms with E-state index >= 15 is 0 Å². The number of methoxy groups -OCH3 is 1. The molecule has 2 rings (SSSR count). The SMILES string of the molecule is COc1cc(NC(=O)c2c(Cl)c(C(F)(F)F)nn2C)ccc1OC(F)F. The number of amides is 1. The summed E-state index contributed by atoms with van der Waals surface area (Å²) in [7, 11) is 2.31. The Bertz CT molecular complexity index is 823. The molecule has 1 amide bonds. The van der Waals surface area contributed by atoms with E-state index in [-0.39, 0.29) is 17.2 Å². The van der Waals surface area contributed by atoms with Crippen molar-refractivity contribution < 1.29 is 36.2 Å². The number of ether oxygens (including phenoxy) is 2. The molecule has 26 heavy (non-hydrogen) atoms. The zero-order chi connectivity index (χ0) is 19.6. The molecular formula is C14H11ClF5N3O3. The molecule has 2 aromatic rings. The van der Waals surface area contributed by atoms with Gasteiger partial charge in [0.25, 0.3) is 5.91 Å². The third-order valence-corrected chi connectivity index (χ3v) is 3.47. The van der Waals surface area contributed by atoms with Crippen molar-refractivity contribution >= 4 is 23.2 Å². The van der Waals surface area contributed by atoms with Crippen LogP contribution in [-0.2, 0) is 13.2 Å². The first kappa shape index (κ1) is 19.8. The maximum atomic E-state index is 12.8. The molecule has 0 fully saturated rings. The minimum Gasteiger partial charge on any atom is -0.493 e. The van der Waals surface area contributed by atoms with Gasteiger partial charge in [0, 0.05) is 18.8 Å². The normalized spacial score (nSPS) is 11.6. The van der Waals surface area contributed by atoms with Gasteiger partial charge < -0.3 is 14.8 Å². The predicted molar refractivity (Wildman–Crippen MR) is 80.8 cm³/mol. The molecule has 0 atom stereocenters. The summed E-state index contributed by atoms with van der Waals surface area (Å²) in [4.78, 5) is 12.2. The number of anilines is 1. The van der Waals surface area contributed by atoms with Crippen molar-refractivity contribution in [2.75, 3.05) is 12.4 Å². The summed E-state index contributed by atoms with van der Waals surface area (Å²) in [5.74, 6) is -1.38. The highest BCUT2D eigenvalue weighted by atomic mass is 35.5. The summed E-state index contributed by atoms with van der Waals surface area (Å²) >= 11 is 5.62. The van der Waals surface area contributed by atoms with Gasteiger partial charge in [-0.2, -0.15) is 27.1 Å². The van der Waals surface area contributed by atoms with Gasteiger partial charge in [-0.05, 0) is 12.1 Å². The van der Waals surface area contributed by atoms with Crippen LogP contribution >= 0.6 is 11.6 Å². The largest absolute Gasteiger partial charge is 0.493 e. The second kappa shape index (κ2) is 7.36. The molecule has 0 radical (unpaired) electrons. The number of aromatic nitrogens is 2. The molecule has 142 valence electrons. The Kier molecular flexibility index (Phi) is 5.59. The molecule has 0 spiro atoms. The van der Waals surface area contributed by atoms with Gasteiger partial charge in [-0.1, -0.05) is 11.6 Å². The van der Waals surface area contributed by atoms with E-state index in [2.05, 4.69) is 15.2 Å². The van der Waals surface area contributed by atoms with Crippen LogP contribution in [0.4, 0.5) is 27.6 Å². The van der Waals surface area contributed by atoms with Gasteiger partial charge in [-0.15, -0.1) is 0 Å². The number of benzene rings is 1. The zero-order valence-corrected chi connectivity index (χ0v) is 14.0. The van der Waals surface area contributed by atoms with Crippen LogP contribution in [0.2, 0.25) is 5.02 Å². The van der Waals surface area contributed by atoms with Crippen LogP contribution in [0.5, 0.6) is 11.5 Å². The first-order valence-electron chi connectivity index (χ1n) is 6.78. The van der Waals surface area contributed by atoms with Crippen LogP contribution in [0.25, 0.3) is 0 Å². The summed E-state index contributed by atoms with van der Waals surface area (Å²) in [5.41, 5.74) is -1.87. The fraction of sp³-hybridized carbons (Fsp3) is 0.286. The number of carbonyl (C=O) groups excluding carboxylic acids is 1. The molecule has 1 aromatic heterocycles. The van der Waals surface area contributed by atoms with Gasteiger partial charge in [-0.3, -0.25) is 9.48 Å². The van der Waals surface area contributed by atoms with Crippen LogP contribution in [-0.4, -0.2) is 29.4 Å². The van der Waals surface area contributed by atoms with Gasteiger partial charge in [-0.25, -0.2) is 0 Å². The van der Waals surface area contributed by atoms with Crippen molar-refractivity contribution in [3.63, 3.8) is 0 Å². The Labute approximate surface area is 148 Å². The molecule has 1 heterocycles. The van der Waals surface area contributed by atoms with Crippen LogP contribution in [0.1, 0.15) is 16.2 Å². The maximum absolute atomic E-state index is 12.8. The lowest BCUT2D eigenvalue weighted by Crippen LogP contribution is -2.16. The predicted octanol–water partition coefficient (Wildman–Crippen LogP) is 3.95. The smallest absolute Gasteiger partial charge is 0.436 e. The highest BCUT2D eigenvalue weighted by Gasteiger charge is 2.39. The molecule has 0 saturated carbocycles. The molecule has 0 unspecified atom stereocenters. The minimum absolute atomic E-state index is 0.0549. The van der Waals surface area contributed by atoms with E-state index in [0.717, 1.165) is 19.2 Å². The van der Waals surface area contributed by atoms with Crippen molar-refractivity contribution in [2.45, 2.75) is 12.8 Å². The first-order valence-corrected chi connectivity index (χ1v) is 7.16. The Balaban J connectivity index is 2.30. The van der Waals surface area contributed by atoms with Gasteiger partial charge >= 0.3 is 12.8 Å². The fourth-order valence-electron chi connectivity index (χ4n) is 2.05. The third-order valence-electron chi connectivity index (χ3n) is 3.11. The Morgan fingerprint density at radius 2 is 1.96 bits per heavy atom. The Morgan fingerprint density at radius 1 is 1.31 bits per heavy atom. The van der Waals surface area contributed by atoms with Crippen molar-refractivity contribution in [1.29, 1.82) is 0 Å². The van der Waals surface area contributed by atoms with E-state index in [4.69, 9.17) is 16.3 Å². The third kappa shape index (κ3) is 4.15. The topological polar surface area (TPSA) is 65.4 Å². The van der Waals surface area contributed by atoms with E-state index in [1.165, 1.54) is 13.2 Å². The second-order valence-corrected chi connectivity index (χ2v) is 5.21. The maximum Gasteiger partial charge on any atom is 0.436 e. The number of nitrogens with one attached hydrogen (secondary N) is 1. The van der Waals surface area contributed by atoms with E-state index < -0.39 is 35.1 Å². The molecule has 0 aliphatic heterocycles. The number of hydrogen-bond donors (Lipinski definition) is 1. The fourth-order valence-corrected chi connectivity index (χ4v) is 2.41. The first-order chi connectivity index (χ1) is 12.0. The molecule has 0 aliphatic carbocycles. The van der Waals surface area contributed by atoms with Crippen molar-refractivity contribution in [3.8, 4) is 11.5 Å². The minimum atomic E-state index is -4.83. The monoisotopic (exact) mass is 399 g/mol. The lowest BCUT2D eigenvalue weighted by Gasteiger charge is -2.12. The van der Waals surface area contributed by atoms with E-state index in [1.54, 1.807) is 0 Å². The summed E-state index contributed by atoms with van der Waals surface area (Å²) in [6.07, 6.45) is -4.83. The lowest BCUT2D eigenvalue weighted by molar-refractivity contribution is -0.141. The van der Waals surface area contributed by atoms with Crippen molar-refractivity contribution in [3.05, 3.63) is 34.6 Å². The Hall–Kier alpha value is -2.56. The summed E-state index contributed by atoms with van der Waals surface area (Å²) < 4.78 is 72.8. The average molecular weight is 400 g/mol. The number of halogens is 6. The number of alkyl halides is 5. The molecule has 6 nitrogen and oxygen atoms in total. The van der Waals surface area contributed by atoms with Crippen molar-refractivity contribution in [1.82, 2.24) is 9.78 Å². The quantitative estimate of drug-likeness (QED) is 0.773. The van der Waals surface area contributed by atoms with Gasteiger partial charge in [0.2, 0.25) is 0 Å².